The van der Waals surface area contributed by atoms with Crippen LogP contribution in [-0.2, 0) is 14.9 Å². The summed E-state index contributed by atoms with van der Waals surface area (Å²) in [4.78, 5) is 15.0. The van der Waals surface area contributed by atoms with Crippen LogP contribution < -0.4 is 4.74 Å². The van der Waals surface area contributed by atoms with Crippen LogP contribution in [0.5, 0.6) is 5.75 Å². The molecule has 0 spiro atoms. The van der Waals surface area contributed by atoms with E-state index in [1.54, 1.807) is 24.1 Å². The van der Waals surface area contributed by atoms with Gasteiger partial charge >= 0.3 is 0 Å². The summed E-state index contributed by atoms with van der Waals surface area (Å²) in [6, 6.07) is 14.1. The minimum absolute atomic E-state index is 0.0323. The molecule has 0 saturated carbocycles. The molecule has 0 aliphatic carbocycles. The van der Waals surface area contributed by atoms with Gasteiger partial charge in [0.1, 0.15) is 18.2 Å². The minimum atomic E-state index is -0.662. The number of halogens is 1. The van der Waals surface area contributed by atoms with E-state index in [1.807, 2.05) is 31.2 Å². The second kappa shape index (κ2) is 8.53. The van der Waals surface area contributed by atoms with E-state index in [2.05, 4.69) is 0 Å². The lowest BCUT2D eigenvalue weighted by Gasteiger charge is -2.39. The van der Waals surface area contributed by atoms with Crippen LogP contribution >= 0.6 is 0 Å². The van der Waals surface area contributed by atoms with Gasteiger partial charge in [-0.15, -0.1) is 0 Å². The molecule has 0 N–H and O–H groups in total. The highest BCUT2D eigenvalue weighted by Gasteiger charge is 2.43. The molecule has 1 aliphatic rings. The molecule has 4 nitrogen and oxygen atoms in total. The predicted molar refractivity (Wildman–Crippen MR) is 102 cm³/mol. The first-order valence-corrected chi connectivity index (χ1v) is 9.30. The Kier molecular flexibility index (Phi) is 6.11. The third-order valence-corrected chi connectivity index (χ3v) is 5.22. The van der Waals surface area contributed by atoms with Crippen molar-refractivity contribution in [2.45, 2.75) is 25.2 Å². The van der Waals surface area contributed by atoms with E-state index < -0.39 is 5.41 Å². The van der Waals surface area contributed by atoms with E-state index >= 15 is 0 Å². The fourth-order valence-corrected chi connectivity index (χ4v) is 3.52. The number of rotatable bonds is 6. The molecule has 2 aromatic carbocycles. The highest BCUT2D eigenvalue weighted by Crippen LogP contribution is 2.36. The highest BCUT2D eigenvalue weighted by molar-refractivity contribution is 5.88. The fraction of sp³-hybridized carbons (Fsp3) is 0.409. The van der Waals surface area contributed by atoms with Crippen molar-refractivity contribution in [1.29, 1.82) is 0 Å². The van der Waals surface area contributed by atoms with Gasteiger partial charge in [0, 0.05) is 20.3 Å². The van der Waals surface area contributed by atoms with Crippen LogP contribution in [0.1, 0.15) is 24.0 Å². The van der Waals surface area contributed by atoms with Gasteiger partial charge in [-0.3, -0.25) is 4.79 Å². The molecule has 5 heteroatoms. The molecule has 144 valence electrons. The van der Waals surface area contributed by atoms with E-state index in [9.17, 15) is 9.18 Å². The Balaban J connectivity index is 1.67. The highest BCUT2D eigenvalue weighted by atomic mass is 19.1. The van der Waals surface area contributed by atoms with Crippen molar-refractivity contribution in [3.63, 3.8) is 0 Å². The molecular formula is C22H26FNO3. The smallest absolute Gasteiger partial charge is 0.233 e. The average Bonchev–Trinajstić information content (AvgIpc) is 2.70. The van der Waals surface area contributed by atoms with Crippen molar-refractivity contribution in [1.82, 2.24) is 4.90 Å². The van der Waals surface area contributed by atoms with Crippen molar-refractivity contribution < 1.29 is 18.7 Å². The molecule has 1 heterocycles. The molecule has 0 aromatic heterocycles. The van der Waals surface area contributed by atoms with Gasteiger partial charge < -0.3 is 14.4 Å². The first kappa shape index (κ1) is 19.4. The molecule has 0 bridgehead atoms. The predicted octanol–water partition coefficient (Wildman–Crippen LogP) is 3.72. The Morgan fingerprint density at radius 3 is 2.37 bits per heavy atom. The SMILES string of the molecule is Cc1ccc(OCCN(C)C(=O)C2(c3ccc(F)cc3)CCOCC2)cc1. The molecule has 1 saturated heterocycles. The summed E-state index contributed by atoms with van der Waals surface area (Å²) in [5.41, 5.74) is 1.36. The van der Waals surface area contributed by atoms with E-state index in [-0.39, 0.29) is 11.7 Å². The number of benzene rings is 2. The molecular weight excluding hydrogens is 345 g/mol. The largest absolute Gasteiger partial charge is 0.492 e. The van der Waals surface area contributed by atoms with Gasteiger partial charge in [-0.2, -0.15) is 0 Å². The van der Waals surface area contributed by atoms with Gasteiger partial charge in [-0.1, -0.05) is 29.8 Å². The Bertz CT molecular complexity index is 752. The summed E-state index contributed by atoms with van der Waals surface area (Å²) in [6.07, 6.45) is 1.20. The number of carbonyl (C=O) groups excluding carboxylic acids is 1. The molecule has 1 amide bonds. The van der Waals surface area contributed by atoms with E-state index in [0.29, 0.717) is 39.2 Å². The molecule has 27 heavy (non-hydrogen) atoms. The lowest BCUT2D eigenvalue weighted by Crippen LogP contribution is -2.49. The Labute approximate surface area is 159 Å². The molecule has 0 radical (unpaired) electrons. The van der Waals surface area contributed by atoms with Crippen molar-refractivity contribution >= 4 is 5.91 Å². The molecule has 3 rings (SSSR count). The number of amides is 1. The van der Waals surface area contributed by atoms with E-state index in [1.165, 1.54) is 17.7 Å². The topological polar surface area (TPSA) is 38.8 Å². The summed E-state index contributed by atoms with van der Waals surface area (Å²) in [6.45, 7) is 3.98. The zero-order chi connectivity index (χ0) is 19.3. The maximum atomic E-state index is 13.4. The summed E-state index contributed by atoms with van der Waals surface area (Å²) in [5, 5.41) is 0. The molecule has 0 atom stereocenters. The quantitative estimate of drug-likeness (QED) is 0.777. The zero-order valence-corrected chi connectivity index (χ0v) is 15.9. The van der Waals surface area contributed by atoms with Gasteiger partial charge in [0.15, 0.2) is 0 Å². The monoisotopic (exact) mass is 371 g/mol. The fourth-order valence-electron chi connectivity index (χ4n) is 3.52. The first-order chi connectivity index (χ1) is 13.0. The zero-order valence-electron chi connectivity index (χ0n) is 15.9. The van der Waals surface area contributed by atoms with Crippen molar-refractivity contribution in [3.05, 3.63) is 65.5 Å². The van der Waals surface area contributed by atoms with Crippen molar-refractivity contribution in [2.24, 2.45) is 0 Å². The lowest BCUT2D eigenvalue weighted by molar-refractivity contribution is -0.140. The van der Waals surface area contributed by atoms with Crippen LogP contribution in [0.25, 0.3) is 0 Å². The summed E-state index contributed by atoms with van der Waals surface area (Å²) < 4.78 is 24.6. The van der Waals surface area contributed by atoms with Crippen LogP contribution in [0, 0.1) is 12.7 Å². The van der Waals surface area contributed by atoms with Crippen LogP contribution in [0.15, 0.2) is 48.5 Å². The van der Waals surface area contributed by atoms with Gasteiger partial charge in [0.25, 0.3) is 0 Å². The van der Waals surface area contributed by atoms with Crippen LogP contribution in [0.2, 0.25) is 0 Å². The van der Waals surface area contributed by atoms with E-state index in [4.69, 9.17) is 9.47 Å². The number of likely N-dealkylation sites (N-methyl/N-ethyl adjacent to an activating group) is 1. The number of hydrogen-bond acceptors (Lipinski definition) is 3. The van der Waals surface area contributed by atoms with Crippen molar-refractivity contribution in [2.75, 3.05) is 33.4 Å². The number of hydrogen-bond donors (Lipinski definition) is 0. The normalized spacial score (nSPS) is 16.0. The lowest BCUT2D eigenvalue weighted by atomic mass is 9.73. The molecule has 2 aromatic rings. The number of ether oxygens (including phenoxy) is 2. The summed E-state index contributed by atoms with van der Waals surface area (Å²) in [7, 11) is 1.79. The number of aryl methyl sites for hydroxylation is 1. The van der Waals surface area contributed by atoms with Crippen LogP contribution in [0.4, 0.5) is 4.39 Å². The maximum absolute atomic E-state index is 13.4. The summed E-state index contributed by atoms with van der Waals surface area (Å²) >= 11 is 0. The standard InChI is InChI=1S/C22H26FNO3/c1-17-3-9-20(10-4-17)27-16-13-24(2)21(25)22(11-14-26-15-12-22)18-5-7-19(23)8-6-18/h3-10H,11-16H2,1-2H3. The first-order valence-electron chi connectivity index (χ1n) is 9.30. The molecule has 1 aliphatic heterocycles. The molecule has 0 unspecified atom stereocenters. The third kappa shape index (κ3) is 4.48. The van der Waals surface area contributed by atoms with Gasteiger partial charge in [-0.25, -0.2) is 4.39 Å². The van der Waals surface area contributed by atoms with Gasteiger partial charge in [0.05, 0.1) is 12.0 Å². The minimum Gasteiger partial charge on any atom is -0.492 e. The van der Waals surface area contributed by atoms with Crippen LogP contribution in [-0.4, -0.2) is 44.2 Å². The third-order valence-electron chi connectivity index (χ3n) is 5.22. The average molecular weight is 371 g/mol. The Morgan fingerprint density at radius 1 is 1.11 bits per heavy atom. The second-order valence-electron chi connectivity index (χ2n) is 7.09. The molecule has 1 fully saturated rings. The Morgan fingerprint density at radius 2 is 1.74 bits per heavy atom. The van der Waals surface area contributed by atoms with E-state index in [0.717, 1.165) is 11.3 Å². The number of carbonyl (C=O) groups is 1. The second-order valence-corrected chi connectivity index (χ2v) is 7.09. The Hall–Kier alpha value is -2.40. The van der Waals surface area contributed by atoms with Crippen LogP contribution in [0.3, 0.4) is 0 Å². The summed E-state index contributed by atoms with van der Waals surface area (Å²) in [5.74, 6) is 0.527. The number of nitrogens with zero attached hydrogens (tertiary/aromatic N) is 1. The van der Waals surface area contributed by atoms with Gasteiger partial charge in [0.2, 0.25) is 5.91 Å². The maximum Gasteiger partial charge on any atom is 0.233 e. The van der Waals surface area contributed by atoms with Crippen molar-refractivity contribution in [3.8, 4) is 5.75 Å². The van der Waals surface area contributed by atoms with Gasteiger partial charge in [-0.05, 0) is 49.6 Å².